The SMILES string of the molecule is CC(C)n1ccc(Nc2cnc(C(N)=S)cn2)n1. The summed E-state index contributed by atoms with van der Waals surface area (Å²) >= 11 is 4.81. The molecule has 18 heavy (non-hydrogen) atoms. The Bertz CT molecular complexity index is 545. The summed E-state index contributed by atoms with van der Waals surface area (Å²) in [6, 6.07) is 2.20. The van der Waals surface area contributed by atoms with Crippen molar-refractivity contribution in [1.82, 2.24) is 19.7 Å². The lowest BCUT2D eigenvalue weighted by Crippen LogP contribution is -2.12. The van der Waals surface area contributed by atoms with E-state index < -0.39 is 0 Å². The molecule has 2 aromatic heterocycles. The number of anilines is 2. The molecule has 94 valence electrons. The van der Waals surface area contributed by atoms with E-state index in [2.05, 4.69) is 34.2 Å². The number of thiocarbonyl (C=S) groups is 1. The predicted octanol–water partition coefficient (Wildman–Crippen LogP) is 1.63. The van der Waals surface area contributed by atoms with Crippen LogP contribution in [0.2, 0.25) is 0 Å². The van der Waals surface area contributed by atoms with Gasteiger partial charge in [0.1, 0.15) is 16.5 Å². The predicted molar refractivity (Wildman–Crippen MR) is 73.8 cm³/mol. The highest BCUT2D eigenvalue weighted by Gasteiger charge is 2.04. The van der Waals surface area contributed by atoms with E-state index in [1.165, 1.54) is 6.20 Å². The van der Waals surface area contributed by atoms with Gasteiger partial charge in [0, 0.05) is 18.3 Å². The number of rotatable bonds is 4. The number of nitrogens with two attached hydrogens (primary N) is 1. The highest BCUT2D eigenvalue weighted by atomic mass is 32.1. The number of nitrogens with one attached hydrogen (secondary N) is 1. The third kappa shape index (κ3) is 2.80. The molecule has 0 fully saturated rings. The van der Waals surface area contributed by atoms with Gasteiger partial charge in [-0.25, -0.2) is 9.97 Å². The molecular weight excluding hydrogens is 248 g/mol. The standard InChI is InChI=1S/C11H14N6S/c1-7(2)17-4-3-9(16-17)15-10-6-13-8(5-14-10)11(12)18/h3-7H,1-2H3,(H2,12,18)(H,14,15,16). The van der Waals surface area contributed by atoms with Crippen molar-refractivity contribution in [3.05, 3.63) is 30.4 Å². The minimum atomic E-state index is 0.234. The van der Waals surface area contributed by atoms with Crippen LogP contribution < -0.4 is 11.1 Å². The van der Waals surface area contributed by atoms with Gasteiger partial charge < -0.3 is 11.1 Å². The molecule has 2 rings (SSSR count). The lowest BCUT2D eigenvalue weighted by Gasteiger charge is -2.05. The van der Waals surface area contributed by atoms with Gasteiger partial charge in [0.05, 0.1) is 12.4 Å². The fourth-order valence-electron chi connectivity index (χ4n) is 1.34. The average Bonchev–Trinajstić information content (AvgIpc) is 2.78. The van der Waals surface area contributed by atoms with Crippen molar-refractivity contribution in [2.75, 3.05) is 5.32 Å². The molecule has 0 spiro atoms. The third-order valence-electron chi connectivity index (χ3n) is 2.30. The van der Waals surface area contributed by atoms with E-state index in [1.54, 1.807) is 6.20 Å². The zero-order valence-corrected chi connectivity index (χ0v) is 11.0. The molecule has 2 heterocycles. The Morgan fingerprint density at radius 2 is 2.11 bits per heavy atom. The van der Waals surface area contributed by atoms with Crippen molar-refractivity contribution in [3.8, 4) is 0 Å². The van der Waals surface area contributed by atoms with E-state index in [4.69, 9.17) is 18.0 Å². The average molecular weight is 262 g/mol. The van der Waals surface area contributed by atoms with Crippen LogP contribution in [0.5, 0.6) is 0 Å². The molecule has 0 atom stereocenters. The van der Waals surface area contributed by atoms with E-state index in [0.717, 1.165) is 5.82 Å². The van der Waals surface area contributed by atoms with Crippen LogP contribution in [0.25, 0.3) is 0 Å². The molecule has 0 aliphatic heterocycles. The molecule has 2 aromatic rings. The summed E-state index contributed by atoms with van der Waals surface area (Å²) in [6.45, 7) is 4.13. The van der Waals surface area contributed by atoms with Crippen molar-refractivity contribution in [2.45, 2.75) is 19.9 Å². The van der Waals surface area contributed by atoms with Crippen molar-refractivity contribution >= 4 is 28.8 Å². The van der Waals surface area contributed by atoms with Gasteiger partial charge in [0.25, 0.3) is 0 Å². The van der Waals surface area contributed by atoms with E-state index in [0.29, 0.717) is 17.6 Å². The van der Waals surface area contributed by atoms with Crippen LogP contribution in [0.1, 0.15) is 25.6 Å². The number of hydrogen-bond acceptors (Lipinski definition) is 5. The Morgan fingerprint density at radius 3 is 2.61 bits per heavy atom. The summed E-state index contributed by atoms with van der Waals surface area (Å²) in [5, 5.41) is 7.41. The zero-order valence-electron chi connectivity index (χ0n) is 10.2. The minimum absolute atomic E-state index is 0.234. The normalized spacial score (nSPS) is 10.6. The molecule has 0 aliphatic carbocycles. The topological polar surface area (TPSA) is 81.7 Å². The first-order valence-electron chi connectivity index (χ1n) is 5.50. The molecular formula is C11H14N6S. The van der Waals surface area contributed by atoms with Crippen LogP contribution in [0.4, 0.5) is 11.6 Å². The maximum Gasteiger partial charge on any atom is 0.153 e. The molecule has 0 aromatic carbocycles. The number of nitrogens with zero attached hydrogens (tertiary/aromatic N) is 4. The molecule has 7 heteroatoms. The zero-order chi connectivity index (χ0) is 13.1. The van der Waals surface area contributed by atoms with Crippen molar-refractivity contribution < 1.29 is 0 Å². The smallest absolute Gasteiger partial charge is 0.153 e. The minimum Gasteiger partial charge on any atom is -0.388 e. The molecule has 0 bridgehead atoms. The Balaban J connectivity index is 2.10. The van der Waals surface area contributed by atoms with Crippen LogP contribution in [0.3, 0.4) is 0 Å². The fraction of sp³-hybridized carbons (Fsp3) is 0.273. The summed E-state index contributed by atoms with van der Waals surface area (Å²) in [6.07, 6.45) is 5.01. The van der Waals surface area contributed by atoms with Gasteiger partial charge in [-0.1, -0.05) is 12.2 Å². The molecule has 0 radical (unpaired) electrons. The van der Waals surface area contributed by atoms with Gasteiger partial charge in [-0.15, -0.1) is 0 Å². The van der Waals surface area contributed by atoms with Crippen LogP contribution in [0, 0.1) is 0 Å². The van der Waals surface area contributed by atoms with Gasteiger partial charge in [-0.3, -0.25) is 4.68 Å². The van der Waals surface area contributed by atoms with E-state index in [-0.39, 0.29) is 4.99 Å². The van der Waals surface area contributed by atoms with Gasteiger partial charge >= 0.3 is 0 Å². The summed E-state index contributed by atoms with van der Waals surface area (Å²) < 4.78 is 1.86. The Hall–Kier alpha value is -2.02. The van der Waals surface area contributed by atoms with Crippen molar-refractivity contribution in [3.63, 3.8) is 0 Å². The molecule has 3 N–H and O–H groups in total. The summed E-state index contributed by atoms with van der Waals surface area (Å²) in [5.41, 5.74) is 5.95. The largest absolute Gasteiger partial charge is 0.388 e. The Kier molecular flexibility index (Phi) is 3.52. The molecule has 0 saturated heterocycles. The van der Waals surface area contributed by atoms with E-state index in [9.17, 15) is 0 Å². The molecule has 0 aliphatic rings. The van der Waals surface area contributed by atoms with Crippen LogP contribution >= 0.6 is 12.2 Å². The molecule has 0 saturated carbocycles. The lowest BCUT2D eigenvalue weighted by atomic mass is 10.4. The summed E-state index contributed by atoms with van der Waals surface area (Å²) in [7, 11) is 0. The van der Waals surface area contributed by atoms with Crippen LogP contribution in [-0.2, 0) is 0 Å². The maximum absolute atomic E-state index is 5.45. The first-order valence-corrected chi connectivity index (χ1v) is 5.91. The van der Waals surface area contributed by atoms with E-state index in [1.807, 2.05) is 16.9 Å². The van der Waals surface area contributed by atoms with Gasteiger partial charge in [0.15, 0.2) is 5.82 Å². The molecule has 0 amide bonds. The van der Waals surface area contributed by atoms with Crippen LogP contribution in [0.15, 0.2) is 24.7 Å². The van der Waals surface area contributed by atoms with E-state index >= 15 is 0 Å². The first-order chi connectivity index (χ1) is 8.56. The summed E-state index contributed by atoms with van der Waals surface area (Å²) in [5.74, 6) is 1.32. The maximum atomic E-state index is 5.45. The van der Waals surface area contributed by atoms with Crippen LogP contribution in [-0.4, -0.2) is 24.7 Å². The second kappa shape index (κ2) is 5.09. The monoisotopic (exact) mass is 262 g/mol. The quantitative estimate of drug-likeness (QED) is 0.815. The molecule has 6 nitrogen and oxygen atoms in total. The van der Waals surface area contributed by atoms with Crippen molar-refractivity contribution in [2.24, 2.45) is 5.73 Å². The second-order valence-corrected chi connectivity index (χ2v) is 4.49. The van der Waals surface area contributed by atoms with Crippen molar-refractivity contribution in [1.29, 1.82) is 0 Å². The Labute approximate surface area is 110 Å². The van der Waals surface area contributed by atoms with Gasteiger partial charge in [0.2, 0.25) is 0 Å². The highest BCUT2D eigenvalue weighted by molar-refractivity contribution is 7.80. The lowest BCUT2D eigenvalue weighted by molar-refractivity contribution is 0.534. The van der Waals surface area contributed by atoms with Gasteiger partial charge in [-0.05, 0) is 13.8 Å². The Morgan fingerprint density at radius 1 is 1.33 bits per heavy atom. The third-order valence-corrected chi connectivity index (χ3v) is 2.51. The first kappa shape index (κ1) is 12.4. The highest BCUT2D eigenvalue weighted by Crippen LogP contribution is 2.13. The second-order valence-electron chi connectivity index (χ2n) is 4.05. The number of hydrogen-bond donors (Lipinski definition) is 2. The number of aromatic nitrogens is 4. The summed E-state index contributed by atoms with van der Waals surface area (Å²) in [4.78, 5) is 8.48. The van der Waals surface area contributed by atoms with Gasteiger partial charge in [-0.2, -0.15) is 5.10 Å². The fourth-order valence-corrected chi connectivity index (χ4v) is 1.45. The molecule has 0 unspecified atom stereocenters.